The van der Waals surface area contributed by atoms with Crippen LogP contribution in [0.2, 0.25) is 0 Å². The predicted molar refractivity (Wildman–Crippen MR) is 45.2 cm³/mol. The maximum absolute atomic E-state index is 11.2. The Morgan fingerprint density at radius 2 is 2.45 bits per heavy atom. The highest BCUT2D eigenvalue weighted by molar-refractivity contribution is 5.81. The molecule has 0 amide bonds. The summed E-state index contributed by atoms with van der Waals surface area (Å²) in [5, 5.41) is 0. The van der Waals surface area contributed by atoms with Gasteiger partial charge in [-0.2, -0.15) is 0 Å². The number of carbonyl (C=O) groups is 1. The van der Waals surface area contributed by atoms with Crippen molar-refractivity contribution in [3.05, 3.63) is 18.4 Å². The van der Waals surface area contributed by atoms with Gasteiger partial charge in [0.1, 0.15) is 5.78 Å². The molecule has 2 atom stereocenters. The van der Waals surface area contributed by atoms with Gasteiger partial charge in [-0.1, -0.05) is 13.5 Å². The molecule has 0 radical (unpaired) electrons. The molecule has 1 saturated carbocycles. The zero-order valence-electron chi connectivity index (χ0n) is 6.97. The molecule has 0 bridgehead atoms. The topological polar surface area (TPSA) is 17.1 Å². The molecule has 2 unspecified atom stereocenters. The zero-order valence-corrected chi connectivity index (χ0v) is 6.97. The Balaban J connectivity index is 2.65. The zero-order chi connectivity index (χ0) is 8.27. The number of hydrogen-bond acceptors (Lipinski definition) is 1. The average Bonchev–Trinajstić information content (AvgIpc) is 1.99. The second kappa shape index (κ2) is 3.54. The predicted octanol–water partition coefficient (Wildman–Crippen LogP) is 2.33. The lowest BCUT2D eigenvalue weighted by Gasteiger charge is -2.23. The molecule has 1 rings (SSSR count). The second-order valence-electron chi connectivity index (χ2n) is 3.18. The Hall–Kier alpha value is -0.810. The van der Waals surface area contributed by atoms with Crippen molar-refractivity contribution >= 4 is 5.78 Å². The standard InChI is InChI=1S/C10H14O/c1-3-5-9-6-4-7-10(11)8(9)2/h5,8-9H,1,4,6-7H2,2H3. The van der Waals surface area contributed by atoms with Gasteiger partial charge in [0.15, 0.2) is 0 Å². The van der Waals surface area contributed by atoms with Crippen molar-refractivity contribution in [2.75, 3.05) is 0 Å². The Kier molecular flexibility index (Phi) is 2.67. The van der Waals surface area contributed by atoms with Gasteiger partial charge in [-0.15, -0.1) is 5.73 Å². The van der Waals surface area contributed by atoms with Gasteiger partial charge in [-0.05, 0) is 24.8 Å². The van der Waals surface area contributed by atoms with Crippen LogP contribution in [0.4, 0.5) is 0 Å². The third-order valence-corrected chi connectivity index (χ3v) is 2.44. The van der Waals surface area contributed by atoms with Crippen LogP contribution in [-0.4, -0.2) is 5.78 Å². The van der Waals surface area contributed by atoms with Crippen molar-refractivity contribution in [1.82, 2.24) is 0 Å². The van der Waals surface area contributed by atoms with E-state index in [0.717, 1.165) is 19.3 Å². The van der Waals surface area contributed by atoms with Gasteiger partial charge in [0.25, 0.3) is 0 Å². The van der Waals surface area contributed by atoms with Gasteiger partial charge < -0.3 is 0 Å². The van der Waals surface area contributed by atoms with E-state index < -0.39 is 0 Å². The number of hydrogen-bond donors (Lipinski definition) is 0. The molecule has 1 fully saturated rings. The Labute approximate surface area is 67.8 Å². The Bertz CT molecular complexity index is 199. The van der Waals surface area contributed by atoms with Crippen molar-refractivity contribution < 1.29 is 4.79 Å². The summed E-state index contributed by atoms with van der Waals surface area (Å²) in [6.45, 7) is 5.52. The quantitative estimate of drug-likeness (QED) is 0.524. The van der Waals surface area contributed by atoms with E-state index in [1.54, 1.807) is 0 Å². The molecule has 1 heteroatoms. The van der Waals surface area contributed by atoms with E-state index >= 15 is 0 Å². The lowest BCUT2D eigenvalue weighted by atomic mass is 9.79. The number of allylic oxidation sites excluding steroid dienone is 1. The average molecular weight is 150 g/mol. The van der Waals surface area contributed by atoms with Crippen molar-refractivity contribution in [2.45, 2.75) is 26.2 Å². The third-order valence-electron chi connectivity index (χ3n) is 2.44. The number of Topliss-reactive ketones (excluding diaryl/α,β-unsaturated/α-hetero) is 1. The van der Waals surface area contributed by atoms with E-state index in [4.69, 9.17) is 0 Å². The molecule has 1 nitrogen and oxygen atoms in total. The molecular formula is C10H14O. The molecule has 0 aromatic rings. The van der Waals surface area contributed by atoms with E-state index in [0.29, 0.717) is 11.7 Å². The van der Waals surface area contributed by atoms with Crippen LogP contribution in [0.15, 0.2) is 18.4 Å². The summed E-state index contributed by atoms with van der Waals surface area (Å²) < 4.78 is 0. The first-order chi connectivity index (χ1) is 5.25. The lowest BCUT2D eigenvalue weighted by molar-refractivity contribution is -0.125. The molecule has 60 valence electrons. The van der Waals surface area contributed by atoms with Crippen LogP contribution in [0.5, 0.6) is 0 Å². The molecular weight excluding hydrogens is 136 g/mol. The van der Waals surface area contributed by atoms with E-state index in [-0.39, 0.29) is 5.92 Å². The van der Waals surface area contributed by atoms with Crippen LogP contribution >= 0.6 is 0 Å². The number of ketones is 1. The van der Waals surface area contributed by atoms with E-state index in [1.165, 1.54) is 0 Å². The summed E-state index contributed by atoms with van der Waals surface area (Å²) in [5.41, 5.74) is 2.76. The molecule has 0 aromatic carbocycles. The van der Waals surface area contributed by atoms with Crippen LogP contribution in [-0.2, 0) is 4.79 Å². The number of carbonyl (C=O) groups excluding carboxylic acids is 1. The van der Waals surface area contributed by atoms with Crippen molar-refractivity contribution in [3.63, 3.8) is 0 Å². The van der Waals surface area contributed by atoms with Gasteiger partial charge in [-0.3, -0.25) is 4.79 Å². The van der Waals surface area contributed by atoms with Crippen molar-refractivity contribution in [1.29, 1.82) is 0 Å². The highest BCUT2D eigenvalue weighted by Gasteiger charge is 2.25. The minimum atomic E-state index is 0.193. The SMILES string of the molecule is C=C=CC1CCCC(=O)C1C. The molecule has 0 aromatic heterocycles. The summed E-state index contributed by atoms with van der Waals surface area (Å²) in [4.78, 5) is 11.2. The normalized spacial score (nSPS) is 31.2. The van der Waals surface area contributed by atoms with Crippen LogP contribution in [0.25, 0.3) is 0 Å². The Morgan fingerprint density at radius 1 is 1.73 bits per heavy atom. The minimum absolute atomic E-state index is 0.193. The molecule has 1 aliphatic carbocycles. The molecule has 1 aliphatic rings. The fourth-order valence-electron chi connectivity index (χ4n) is 1.61. The summed E-state index contributed by atoms with van der Waals surface area (Å²) in [6.07, 6.45) is 4.85. The molecule has 0 aliphatic heterocycles. The summed E-state index contributed by atoms with van der Waals surface area (Å²) in [6, 6.07) is 0. The van der Waals surface area contributed by atoms with E-state index in [1.807, 2.05) is 13.0 Å². The lowest BCUT2D eigenvalue weighted by Crippen LogP contribution is -2.24. The summed E-state index contributed by atoms with van der Waals surface area (Å²) in [7, 11) is 0. The monoisotopic (exact) mass is 150 g/mol. The first kappa shape index (κ1) is 8.29. The van der Waals surface area contributed by atoms with Crippen LogP contribution in [0.1, 0.15) is 26.2 Å². The molecule has 0 saturated heterocycles. The van der Waals surface area contributed by atoms with E-state index in [9.17, 15) is 4.79 Å². The van der Waals surface area contributed by atoms with Crippen LogP contribution in [0.3, 0.4) is 0 Å². The maximum atomic E-state index is 11.2. The first-order valence-electron chi connectivity index (χ1n) is 4.14. The maximum Gasteiger partial charge on any atom is 0.136 e. The van der Waals surface area contributed by atoms with Gasteiger partial charge in [-0.25, -0.2) is 0 Å². The largest absolute Gasteiger partial charge is 0.299 e. The first-order valence-corrected chi connectivity index (χ1v) is 4.14. The van der Waals surface area contributed by atoms with Crippen molar-refractivity contribution in [2.24, 2.45) is 11.8 Å². The molecule has 11 heavy (non-hydrogen) atoms. The van der Waals surface area contributed by atoms with Gasteiger partial charge in [0.2, 0.25) is 0 Å². The third kappa shape index (κ3) is 1.81. The van der Waals surface area contributed by atoms with Gasteiger partial charge >= 0.3 is 0 Å². The van der Waals surface area contributed by atoms with E-state index in [2.05, 4.69) is 12.3 Å². The molecule has 0 heterocycles. The molecule has 0 N–H and O–H groups in total. The van der Waals surface area contributed by atoms with Crippen molar-refractivity contribution in [3.8, 4) is 0 Å². The fraction of sp³-hybridized carbons (Fsp3) is 0.600. The number of rotatable bonds is 1. The fourth-order valence-corrected chi connectivity index (χ4v) is 1.61. The van der Waals surface area contributed by atoms with Gasteiger partial charge in [0.05, 0.1) is 0 Å². The van der Waals surface area contributed by atoms with Crippen LogP contribution < -0.4 is 0 Å². The minimum Gasteiger partial charge on any atom is -0.299 e. The summed E-state index contributed by atoms with van der Waals surface area (Å²) in [5.74, 6) is 0.986. The van der Waals surface area contributed by atoms with Crippen LogP contribution in [0, 0.1) is 11.8 Å². The van der Waals surface area contributed by atoms with Gasteiger partial charge in [0, 0.05) is 12.3 Å². The second-order valence-corrected chi connectivity index (χ2v) is 3.18. The Morgan fingerprint density at radius 3 is 3.09 bits per heavy atom. The highest BCUT2D eigenvalue weighted by atomic mass is 16.1. The smallest absolute Gasteiger partial charge is 0.136 e. The summed E-state index contributed by atoms with van der Waals surface area (Å²) >= 11 is 0. The molecule has 0 spiro atoms. The highest BCUT2D eigenvalue weighted by Crippen LogP contribution is 2.27.